The molecule has 258 valence electrons. The lowest BCUT2D eigenvalue weighted by molar-refractivity contribution is -0.127. The highest BCUT2D eigenvalue weighted by Crippen LogP contribution is 2.30. The molecule has 0 radical (unpaired) electrons. The van der Waals surface area contributed by atoms with Gasteiger partial charge in [-0.3, -0.25) is 14.5 Å². The molecule has 1 aliphatic rings. The van der Waals surface area contributed by atoms with E-state index in [0.29, 0.717) is 68.3 Å². The summed E-state index contributed by atoms with van der Waals surface area (Å²) in [6.07, 6.45) is -0.502. The van der Waals surface area contributed by atoms with Crippen LogP contribution in [0.25, 0.3) is 11.0 Å². The quantitative estimate of drug-likeness (QED) is 0.261. The molecule has 1 saturated heterocycles. The largest absolute Gasteiger partial charge is 0.444 e. The van der Waals surface area contributed by atoms with Crippen LogP contribution in [0.3, 0.4) is 0 Å². The molecular formula is C34H44FN7O6. The molecule has 3 aromatic rings. The highest BCUT2D eigenvalue weighted by Gasteiger charge is 2.34. The minimum atomic E-state index is -0.681. The lowest BCUT2D eigenvalue weighted by Gasteiger charge is -2.44. The molecule has 0 aliphatic carbocycles. The van der Waals surface area contributed by atoms with Crippen LogP contribution in [0, 0.1) is 17.1 Å². The summed E-state index contributed by atoms with van der Waals surface area (Å²) in [6, 6.07) is 12.0. The standard InChI is InChI=1S/C34H44FN7O6/c1-23-22-41(14-15-42(23)28-20-29(43)40(5)27-11-10-26(21-36)39-30(27)28)31(24-6-8-25(35)9-7-24)32(44)37-12-16-46-18-19-47-17-13-38-33(45)48-34(2,3)4/h6-11,20,23,31H,12-19,22H2,1-5H3,(H,37,44)(H,38,45). The van der Waals surface area contributed by atoms with Gasteiger partial charge in [0.05, 0.1) is 37.6 Å². The van der Waals surface area contributed by atoms with Crippen LogP contribution in [-0.2, 0) is 26.1 Å². The summed E-state index contributed by atoms with van der Waals surface area (Å²) in [4.78, 5) is 46.7. The second kappa shape index (κ2) is 16.5. The van der Waals surface area contributed by atoms with E-state index < -0.39 is 23.6 Å². The normalized spacial score (nSPS) is 15.9. The maximum Gasteiger partial charge on any atom is 0.407 e. The number of halogens is 1. The minimum Gasteiger partial charge on any atom is -0.444 e. The number of nitrogens with one attached hydrogen (secondary N) is 2. The van der Waals surface area contributed by atoms with Crippen molar-refractivity contribution in [2.24, 2.45) is 7.05 Å². The minimum absolute atomic E-state index is 0.125. The fourth-order valence-corrected chi connectivity index (χ4v) is 5.55. The second-order valence-electron chi connectivity index (χ2n) is 12.5. The monoisotopic (exact) mass is 665 g/mol. The van der Waals surface area contributed by atoms with E-state index in [1.54, 1.807) is 58.2 Å². The SMILES string of the molecule is CC1CN(C(C(=O)NCCOCCOCCNC(=O)OC(C)(C)C)c2ccc(F)cc2)CCN1c1cc(=O)n(C)c2ccc(C#N)nc12. The molecule has 2 amide bonds. The zero-order valence-electron chi connectivity index (χ0n) is 28.1. The van der Waals surface area contributed by atoms with E-state index in [0.717, 1.165) is 0 Å². The van der Waals surface area contributed by atoms with Gasteiger partial charge in [-0.05, 0) is 57.5 Å². The van der Waals surface area contributed by atoms with Crippen LogP contribution < -0.4 is 21.1 Å². The van der Waals surface area contributed by atoms with Gasteiger partial charge in [-0.2, -0.15) is 5.26 Å². The number of ether oxygens (including phenoxy) is 3. The molecule has 1 fully saturated rings. The van der Waals surface area contributed by atoms with Crippen LogP contribution in [0.1, 0.15) is 45.0 Å². The van der Waals surface area contributed by atoms with Gasteiger partial charge in [0.1, 0.15) is 34.7 Å². The molecule has 2 atom stereocenters. The van der Waals surface area contributed by atoms with Gasteiger partial charge in [-0.25, -0.2) is 14.2 Å². The van der Waals surface area contributed by atoms with Gasteiger partial charge in [0.2, 0.25) is 5.91 Å². The molecule has 4 rings (SSSR count). The molecular weight excluding hydrogens is 621 g/mol. The van der Waals surface area contributed by atoms with Crippen molar-refractivity contribution in [3.05, 3.63) is 69.9 Å². The van der Waals surface area contributed by atoms with Crippen LogP contribution >= 0.6 is 0 Å². The molecule has 48 heavy (non-hydrogen) atoms. The highest BCUT2D eigenvalue weighted by molar-refractivity contribution is 5.89. The Morgan fingerprint density at radius 3 is 2.33 bits per heavy atom. The van der Waals surface area contributed by atoms with Gasteiger partial charge < -0.3 is 34.3 Å². The van der Waals surface area contributed by atoms with Crippen LogP contribution in [0.2, 0.25) is 0 Å². The van der Waals surface area contributed by atoms with Gasteiger partial charge in [-0.15, -0.1) is 0 Å². The number of carbonyl (C=O) groups is 2. The number of nitrogens with zero attached hydrogens (tertiary/aromatic N) is 5. The Balaban J connectivity index is 1.32. The number of fused-ring (bicyclic) bond motifs is 1. The van der Waals surface area contributed by atoms with E-state index in [2.05, 4.69) is 26.6 Å². The Morgan fingerprint density at radius 1 is 1.04 bits per heavy atom. The van der Waals surface area contributed by atoms with Gasteiger partial charge >= 0.3 is 6.09 Å². The highest BCUT2D eigenvalue weighted by atomic mass is 19.1. The van der Waals surface area contributed by atoms with Crippen LogP contribution in [0.15, 0.2) is 47.3 Å². The first-order valence-electron chi connectivity index (χ1n) is 15.9. The zero-order valence-corrected chi connectivity index (χ0v) is 28.1. The summed E-state index contributed by atoms with van der Waals surface area (Å²) in [7, 11) is 1.67. The molecule has 1 aromatic carbocycles. The van der Waals surface area contributed by atoms with E-state index in [4.69, 9.17) is 14.2 Å². The van der Waals surface area contributed by atoms with E-state index in [9.17, 15) is 24.0 Å². The topological polar surface area (TPSA) is 151 Å². The predicted octanol–water partition coefficient (Wildman–Crippen LogP) is 2.87. The zero-order chi connectivity index (χ0) is 34.8. The third-order valence-corrected chi connectivity index (χ3v) is 7.78. The molecule has 1 aliphatic heterocycles. The maximum atomic E-state index is 13.8. The number of amides is 2. The number of hydrogen-bond donors (Lipinski definition) is 2. The summed E-state index contributed by atoms with van der Waals surface area (Å²) < 4.78 is 31.6. The number of aryl methyl sites for hydroxylation is 1. The van der Waals surface area contributed by atoms with Crippen molar-refractivity contribution in [2.75, 3.05) is 64.1 Å². The number of alkyl carbamates (subject to hydrolysis) is 1. The maximum absolute atomic E-state index is 13.8. The fourth-order valence-electron chi connectivity index (χ4n) is 5.55. The van der Waals surface area contributed by atoms with E-state index >= 15 is 0 Å². The second-order valence-corrected chi connectivity index (χ2v) is 12.5. The molecule has 2 aromatic heterocycles. The van der Waals surface area contributed by atoms with E-state index in [1.165, 1.54) is 16.7 Å². The number of aromatic nitrogens is 2. The third-order valence-electron chi connectivity index (χ3n) is 7.78. The molecule has 2 N–H and O–H groups in total. The predicted molar refractivity (Wildman–Crippen MR) is 178 cm³/mol. The van der Waals surface area contributed by atoms with Gasteiger partial charge in [0.25, 0.3) is 5.56 Å². The Hall–Kier alpha value is -4.58. The molecule has 13 nitrogen and oxygen atoms in total. The number of carbonyl (C=O) groups excluding carboxylic acids is 2. The summed E-state index contributed by atoms with van der Waals surface area (Å²) in [5.41, 5.74) is 1.98. The molecule has 0 spiro atoms. The number of rotatable bonds is 13. The molecule has 2 unspecified atom stereocenters. The fraction of sp³-hybridized carbons (Fsp3) is 0.500. The van der Waals surface area contributed by atoms with Crippen molar-refractivity contribution in [3.63, 3.8) is 0 Å². The smallest absolute Gasteiger partial charge is 0.407 e. The van der Waals surface area contributed by atoms with Gasteiger partial charge in [0.15, 0.2) is 0 Å². The average Bonchev–Trinajstić information content (AvgIpc) is 3.04. The Kier molecular flexibility index (Phi) is 12.5. The van der Waals surface area contributed by atoms with Gasteiger partial charge in [0, 0.05) is 51.9 Å². The number of hydrogen-bond acceptors (Lipinski definition) is 10. The first-order chi connectivity index (χ1) is 22.9. The van der Waals surface area contributed by atoms with Crippen molar-refractivity contribution in [2.45, 2.75) is 45.4 Å². The third kappa shape index (κ3) is 9.72. The molecule has 14 heteroatoms. The summed E-state index contributed by atoms with van der Waals surface area (Å²) in [6.45, 7) is 10.6. The van der Waals surface area contributed by atoms with Crippen molar-refractivity contribution in [1.29, 1.82) is 5.26 Å². The van der Waals surface area contributed by atoms with Crippen LogP contribution in [0.4, 0.5) is 14.9 Å². The number of piperazine rings is 1. The lowest BCUT2D eigenvalue weighted by atomic mass is 10.0. The Labute approximate surface area is 279 Å². The average molecular weight is 666 g/mol. The number of anilines is 1. The lowest BCUT2D eigenvalue weighted by Crippen LogP contribution is -2.55. The Morgan fingerprint density at radius 2 is 1.71 bits per heavy atom. The first kappa shape index (κ1) is 36.3. The van der Waals surface area contributed by atoms with E-state index in [1.807, 2.05) is 11.8 Å². The first-order valence-corrected chi connectivity index (χ1v) is 15.9. The number of benzene rings is 1. The van der Waals surface area contributed by atoms with Crippen molar-refractivity contribution in [3.8, 4) is 6.07 Å². The van der Waals surface area contributed by atoms with Crippen LogP contribution in [0.5, 0.6) is 0 Å². The van der Waals surface area contributed by atoms with Crippen molar-refractivity contribution in [1.82, 2.24) is 25.1 Å². The molecule has 0 bridgehead atoms. The number of nitriles is 1. The summed E-state index contributed by atoms with van der Waals surface area (Å²) >= 11 is 0. The van der Waals surface area contributed by atoms with Crippen molar-refractivity contribution < 1.29 is 28.2 Å². The summed E-state index contributed by atoms with van der Waals surface area (Å²) in [5, 5.41) is 15.0. The number of pyridine rings is 2. The van der Waals surface area contributed by atoms with Gasteiger partial charge in [-0.1, -0.05) is 12.1 Å². The van der Waals surface area contributed by atoms with E-state index in [-0.39, 0.29) is 36.4 Å². The van der Waals surface area contributed by atoms with Crippen LogP contribution in [-0.4, -0.2) is 97.2 Å². The molecule has 0 saturated carbocycles. The molecule has 3 heterocycles. The Bertz CT molecular complexity index is 1670. The van der Waals surface area contributed by atoms with Crippen molar-refractivity contribution >= 4 is 28.7 Å². The summed E-state index contributed by atoms with van der Waals surface area (Å²) in [5.74, 6) is -0.635.